The van der Waals surface area contributed by atoms with Crippen molar-refractivity contribution in [2.75, 3.05) is 18.0 Å². The Kier molecular flexibility index (Phi) is 7.81. The number of hydrogen-bond acceptors (Lipinski definition) is 5. The van der Waals surface area contributed by atoms with E-state index in [2.05, 4.69) is 15.9 Å². The van der Waals surface area contributed by atoms with Crippen LogP contribution in [-0.4, -0.2) is 50.6 Å². The van der Waals surface area contributed by atoms with Crippen molar-refractivity contribution in [2.24, 2.45) is 5.92 Å². The van der Waals surface area contributed by atoms with Gasteiger partial charge in [-0.2, -0.15) is 0 Å². The predicted octanol–water partition coefficient (Wildman–Crippen LogP) is 6.19. The van der Waals surface area contributed by atoms with Crippen LogP contribution >= 0.6 is 15.9 Å². The second-order valence-corrected chi connectivity index (χ2v) is 14.0. The van der Waals surface area contributed by atoms with Gasteiger partial charge in [-0.15, -0.1) is 0 Å². The second-order valence-electron chi connectivity index (χ2n) is 10.9. The lowest BCUT2D eigenvalue weighted by Gasteiger charge is -2.46. The molecule has 1 saturated carbocycles. The minimum absolute atomic E-state index is 0.00892. The molecular weight excluding hydrogens is 587 g/mol. The fourth-order valence-electron chi connectivity index (χ4n) is 6.40. The average molecular weight is 622 g/mol. The zero-order valence-electron chi connectivity index (χ0n) is 22.2. The third kappa shape index (κ3) is 4.77. The normalized spacial score (nSPS) is 24.2. The van der Waals surface area contributed by atoms with Crippen LogP contribution in [0.2, 0.25) is 0 Å². The fraction of sp³-hybridized carbons (Fsp3) is 0.517. The summed E-state index contributed by atoms with van der Waals surface area (Å²) in [6, 6.07) is 9.24. The van der Waals surface area contributed by atoms with Gasteiger partial charge in [-0.3, -0.25) is 9.69 Å². The molecule has 1 saturated heterocycles. The van der Waals surface area contributed by atoms with Crippen molar-refractivity contribution in [3.8, 4) is 0 Å². The number of rotatable bonds is 5. The van der Waals surface area contributed by atoms with Crippen molar-refractivity contribution < 1.29 is 27.1 Å². The Balaban J connectivity index is 1.68. The van der Waals surface area contributed by atoms with Crippen molar-refractivity contribution in [1.82, 2.24) is 4.90 Å². The molecule has 2 aromatic rings. The van der Waals surface area contributed by atoms with E-state index < -0.39 is 32.5 Å². The first-order valence-electron chi connectivity index (χ1n) is 13.7. The molecule has 210 valence electrons. The zero-order valence-corrected chi connectivity index (χ0v) is 24.6. The number of fused-ring (bicyclic) bond motifs is 3. The lowest BCUT2D eigenvalue weighted by Crippen LogP contribution is -2.60. The number of amides is 2. The summed E-state index contributed by atoms with van der Waals surface area (Å²) in [5, 5.41) is 0. The Morgan fingerprint density at radius 1 is 1.13 bits per heavy atom. The van der Waals surface area contributed by atoms with Crippen LogP contribution in [0.5, 0.6) is 0 Å². The van der Waals surface area contributed by atoms with Gasteiger partial charge in [0.15, 0.2) is 9.84 Å². The highest BCUT2D eigenvalue weighted by Gasteiger charge is 2.63. The topological polar surface area (TPSA) is 84.0 Å². The molecule has 0 bridgehead atoms. The Labute approximate surface area is 237 Å². The third-order valence-electron chi connectivity index (χ3n) is 8.64. The highest BCUT2D eigenvalue weighted by molar-refractivity contribution is 9.10. The van der Waals surface area contributed by atoms with Gasteiger partial charge < -0.3 is 9.64 Å². The lowest BCUT2D eigenvalue weighted by molar-refractivity contribution is -0.137. The van der Waals surface area contributed by atoms with E-state index in [0.717, 1.165) is 44.2 Å². The molecule has 3 atom stereocenters. The first-order chi connectivity index (χ1) is 18.6. The molecule has 3 unspecified atom stereocenters. The average Bonchev–Trinajstić information content (AvgIpc) is 3.33. The largest absolute Gasteiger partial charge is 0.446 e. The standard InChI is InChI=1S/C29H34BrFN2O5S/c1-3-19(2)38-28(35)33-18-26-29(24-14-9-21(30)17-25(24)33,39(36,37)23-12-10-22(31)11-13-23)15-16-32(26)27(34)20-7-5-4-6-8-20/h9-14,17,19-20,26H,3-8,15-16,18H2,1-2H3. The van der Waals surface area contributed by atoms with E-state index in [4.69, 9.17) is 4.74 Å². The summed E-state index contributed by atoms with van der Waals surface area (Å²) in [5.41, 5.74) is 0.887. The fourth-order valence-corrected chi connectivity index (χ4v) is 9.05. The minimum Gasteiger partial charge on any atom is -0.446 e. The number of carbonyl (C=O) groups is 2. The molecule has 5 rings (SSSR count). The molecule has 39 heavy (non-hydrogen) atoms. The first-order valence-corrected chi connectivity index (χ1v) is 16.0. The van der Waals surface area contributed by atoms with Gasteiger partial charge in [-0.05, 0) is 74.6 Å². The number of nitrogens with zero attached hydrogens (tertiary/aromatic N) is 2. The van der Waals surface area contributed by atoms with Gasteiger partial charge in [-0.1, -0.05) is 48.2 Å². The lowest BCUT2D eigenvalue weighted by atomic mass is 9.84. The SMILES string of the molecule is CCC(C)OC(=O)N1CC2N(C(=O)C3CCCCC3)CCC2(S(=O)(=O)c2ccc(F)cc2)c2ccc(Br)cc21. The number of anilines is 1. The van der Waals surface area contributed by atoms with Crippen LogP contribution in [0.25, 0.3) is 0 Å². The number of hydrogen-bond donors (Lipinski definition) is 0. The number of likely N-dealkylation sites (tertiary alicyclic amines) is 1. The highest BCUT2D eigenvalue weighted by Crippen LogP contribution is 2.54. The van der Waals surface area contributed by atoms with Gasteiger partial charge in [0, 0.05) is 16.9 Å². The van der Waals surface area contributed by atoms with Crippen molar-refractivity contribution in [1.29, 1.82) is 0 Å². The molecule has 2 fully saturated rings. The van der Waals surface area contributed by atoms with Gasteiger partial charge >= 0.3 is 6.09 Å². The van der Waals surface area contributed by atoms with E-state index >= 15 is 0 Å². The van der Waals surface area contributed by atoms with Crippen LogP contribution < -0.4 is 4.90 Å². The second kappa shape index (κ2) is 10.8. The van der Waals surface area contributed by atoms with Crippen molar-refractivity contribution in [3.63, 3.8) is 0 Å². The van der Waals surface area contributed by atoms with Crippen molar-refractivity contribution in [3.05, 3.63) is 58.3 Å². The molecule has 0 spiro atoms. The van der Waals surface area contributed by atoms with Crippen LogP contribution in [0.15, 0.2) is 51.8 Å². The van der Waals surface area contributed by atoms with Gasteiger partial charge in [0.2, 0.25) is 5.91 Å². The van der Waals surface area contributed by atoms with E-state index in [1.54, 1.807) is 30.0 Å². The van der Waals surface area contributed by atoms with Gasteiger partial charge in [0.05, 0.1) is 23.2 Å². The van der Waals surface area contributed by atoms with Gasteiger partial charge in [-0.25, -0.2) is 17.6 Å². The quantitative estimate of drug-likeness (QED) is 0.372. The monoisotopic (exact) mass is 620 g/mol. The zero-order chi connectivity index (χ0) is 27.9. The summed E-state index contributed by atoms with van der Waals surface area (Å²) < 4.78 is 47.9. The van der Waals surface area contributed by atoms with Crippen LogP contribution in [0.3, 0.4) is 0 Å². The maximum atomic E-state index is 14.6. The van der Waals surface area contributed by atoms with E-state index in [9.17, 15) is 22.4 Å². The molecule has 0 radical (unpaired) electrons. The Morgan fingerprint density at radius 3 is 2.49 bits per heavy atom. The number of benzene rings is 2. The van der Waals surface area contributed by atoms with E-state index in [0.29, 0.717) is 22.1 Å². The van der Waals surface area contributed by atoms with E-state index in [1.165, 1.54) is 17.0 Å². The number of sulfone groups is 1. The summed E-state index contributed by atoms with van der Waals surface area (Å²) in [7, 11) is -4.13. The Morgan fingerprint density at radius 2 is 1.82 bits per heavy atom. The maximum absolute atomic E-state index is 14.6. The van der Waals surface area contributed by atoms with Gasteiger partial charge in [0.1, 0.15) is 16.7 Å². The molecule has 1 aliphatic carbocycles. The van der Waals surface area contributed by atoms with Crippen LogP contribution in [-0.2, 0) is 24.1 Å². The summed E-state index contributed by atoms with van der Waals surface area (Å²) in [6.07, 6.45) is 4.50. The smallest absolute Gasteiger partial charge is 0.414 e. The molecule has 10 heteroatoms. The molecule has 7 nitrogen and oxygen atoms in total. The predicted molar refractivity (Wildman–Crippen MR) is 150 cm³/mol. The van der Waals surface area contributed by atoms with Crippen molar-refractivity contribution >= 4 is 43.5 Å². The third-order valence-corrected chi connectivity index (χ3v) is 11.7. The van der Waals surface area contributed by atoms with Crippen LogP contribution in [0.4, 0.5) is 14.9 Å². The Bertz CT molecular complexity index is 1360. The molecule has 2 aliphatic heterocycles. The molecule has 2 amide bonds. The Hall–Kier alpha value is -2.46. The van der Waals surface area contributed by atoms with Crippen LogP contribution in [0, 0.1) is 11.7 Å². The van der Waals surface area contributed by atoms with Gasteiger partial charge in [0.25, 0.3) is 0 Å². The minimum atomic E-state index is -4.13. The molecule has 2 heterocycles. The summed E-state index contributed by atoms with van der Waals surface area (Å²) >= 11 is 3.48. The number of halogens is 2. The maximum Gasteiger partial charge on any atom is 0.414 e. The summed E-state index contributed by atoms with van der Waals surface area (Å²) in [5.74, 6) is -0.739. The first kappa shape index (κ1) is 28.1. The van der Waals surface area contributed by atoms with Crippen LogP contribution in [0.1, 0.15) is 64.4 Å². The molecule has 2 aromatic carbocycles. The summed E-state index contributed by atoms with van der Waals surface area (Å²) in [4.78, 5) is 30.5. The van der Waals surface area contributed by atoms with E-state index in [-0.39, 0.29) is 42.3 Å². The molecule has 0 aromatic heterocycles. The molecule has 0 N–H and O–H groups in total. The number of ether oxygens (including phenoxy) is 1. The number of carbonyl (C=O) groups excluding carboxylic acids is 2. The molecule has 3 aliphatic rings. The van der Waals surface area contributed by atoms with Crippen molar-refractivity contribution in [2.45, 2.75) is 80.6 Å². The molecular formula is C29H34BrFN2O5S. The summed E-state index contributed by atoms with van der Waals surface area (Å²) in [6.45, 7) is 3.96. The highest BCUT2D eigenvalue weighted by atomic mass is 79.9. The van der Waals surface area contributed by atoms with E-state index in [1.807, 2.05) is 6.92 Å².